The third-order valence-electron chi connectivity index (χ3n) is 3.65. The van der Waals surface area contributed by atoms with Crippen LogP contribution in [0.3, 0.4) is 0 Å². The molecule has 0 saturated heterocycles. The van der Waals surface area contributed by atoms with E-state index in [2.05, 4.69) is 5.32 Å². The Kier molecular flexibility index (Phi) is 7.23. The van der Waals surface area contributed by atoms with Crippen LogP contribution in [0, 0.1) is 0 Å². The molecule has 0 bridgehead atoms. The Bertz CT molecular complexity index is 772. The van der Waals surface area contributed by atoms with E-state index >= 15 is 0 Å². The summed E-state index contributed by atoms with van der Waals surface area (Å²) in [5.74, 6) is 0.766. The van der Waals surface area contributed by atoms with Gasteiger partial charge in [-0.1, -0.05) is 12.1 Å². The van der Waals surface area contributed by atoms with Crippen LogP contribution >= 0.6 is 0 Å². The molecule has 0 saturated carbocycles. The van der Waals surface area contributed by atoms with Gasteiger partial charge in [0.25, 0.3) is 0 Å². The molecule has 6 nitrogen and oxygen atoms in total. The van der Waals surface area contributed by atoms with E-state index in [-0.39, 0.29) is 24.5 Å². The third-order valence-corrected chi connectivity index (χ3v) is 3.65. The molecule has 2 amide bonds. The first kappa shape index (κ1) is 20.3. The molecule has 0 radical (unpaired) electrons. The number of para-hydroxylation sites is 2. The second kappa shape index (κ2) is 9.62. The number of anilines is 2. The van der Waals surface area contributed by atoms with Gasteiger partial charge in [-0.3, -0.25) is 14.5 Å². The van der Waals surface area contributed by atoms with E-state index in [1.54, 1.807) is 36.4 Å². The van der Waals surface area contributed by atoms with Crippen LogP contribution in [-0.2, 0) is 9.59 Å². The van der Waals surface area contributed by atoms with E-state index in [9.17, 15) is 9.59 Å². The molecule has 0 aliphatic heterocycles. The minimum Gasteiger partial charge on any atom is -0.494 e. The fraction of sp³-hybridized carbons (Fsp3) is 0.333. The van der Waals surface area contributed by atoms with Crippen LogP contribution in [-0.4, -0.2) is 31.1 Å². The van der Waals surface area contributed by atoms with Crippen LogP contribution < -0.4 is 19.7 Å². The molecule has 6 heteroatoms. The first-order valence-electron chi connectivity index (χ1n) is 8.97. The van der Waals surface area contributed by atoms with Gasteiger partial charge < -0.3 is 14.8 Å². The number of benzene rings is 2. The SMILES string of the molecule is CCOc1ccc(NC(=O)CN(C(C)=O)c2ccccc2OC(C)C)cc1. The monoisotopic (exact) mass is 370 g/mol. The molecule has 2 aromatic carbocycles. The lowest BCUT2D eigenvalue weighted by Crippen LogP contribution is -2.37. The number of nitrogens with zero attached hydrogens (tertiary/aromatic N) is 1. The van der Waals surface area contributed by atoms with Crippen LogP contribution in [0.4, 0.5) is 11.4 Å². The maximum absolute atomic E-state index is 12.5. The number of rotatable bonds is 8. The predicted octanol–water partition coefficient (Wildman–Crippen LogP) is 3.86. The molecule has 27 heavy (non-hydrogen) atoms. The summed E-state index contributed by atoms with van der Waals surface area (Å²) in [5.41, 5.74) is 1.21. The van der Waals surface area contributed by atoms with Gasteiger partial charge in [-0.05, 0) is 57.2 Å². The molecule has 0 fully saturated rings. The summed E-state index contributed by atoms with van der Waals surface area (Å²) < 4.78 is 11.2. The van der Waals surface area contributed by atoms with Gasteiger partial charge in [0.15, 0.2) is 0 Å². The van der Waals surface area contributed by atoms with Crippen LogP contribution in [0.1, 0.15) is 27.7 Å². The van der Waals surface area contributed by atoms with Crippen molar-refractivity contribution in [2.45, 2.75) is 33.8 Å². The van der Waals surface area contributed by atoms with Gasteiger partial charge in [-0.25, -0.2) is 0 Å². The van der Waals surface area contributed by atoms with Crippen molar-refractivity contribution in [2.75, 3.05) is 23.4 Å². The van der Waals surface area contributed by atoms with Crippen molar-refractivity contribution in [2.24, 2.45) is 0 Å². The van der Waals surface area contributed by atoms with Gasteiger partial charge in [0, 0.05) is 12.6 Å². The van der Waals surface area contributed by atoms with Crippen molar-refractivity contribution >= 4 is 23.2 Å². The van der Waals surface area contributed by atoms with Gasteiger partial charge in [-0.2, -0.15) is 0 Å². The average Bonchev–Trinajstić information content (AvgIpc) is 2.61. The number of ether oxygens (including phenoxy) is 2. The number of carbonyl (C=O) groups excluding carboxylic acids is 2. The van der Waals surface area contributed by atoms with E-state index in [4.69, 9.17) is 9.47 Å². The lowest BCUT2D eigenvalue weighted by Gasteiger charge is -2.24. The molecule has 2 aromatic rings. The highest BCUT2D eigenvalue weighted by Gasteiger charge is 2.20. The molecule has 144 valence electrons. The molecular formula is C21H26N2O4. The zero-order valence-corrected chi connectivity index (χ0v) is 16.2. The first-order chi connectivity index (χ1) is 12.9. The summed E-state index contributed by atoms with van der Waals surface area (Å²) in [6.07, 6.45) is -0.0439. The Morgan fingerprint density at radius 3 is 2.33 bits per heavy atom. The Labute approximate surface area is 160 Å². The van der Waals surface area contributed by atoms with Crippen LogP contribution in [0.2, 0.25) is 0 Å². The van der Waals surface area contributed by atoms with Crippen LogP contribution in [0.5, 0.6) is 11.5 Å². The fourth-order valence-electron chi connectivity index (χ4n) is 2.55. The maximum Gasteiger partial charge on any atom is 0.244 e. The molecular weight excluding hydrogens is 344 g/mol. The molecule has 0 atom stereocenters. The Hall–Kier alpha value is -3.02. The second-order valence-electron chi connectivity index (χ2n) is 6.25. The summed E-state index contributed by atoms with van der Waals surface area (Å²) in [5, 5.41) is 2.80. The molecule has 0 aliphatic carbocycles. The van der Waals surface area contributed by atoms with E-state index in [0.29, 0.717) is 23.7 Å². The Morgan fingerprint density at radius 1 is 1.07 bits per heavy atom. The summed E-state index contributed by atoms with van der Waals surface area (Å²) in [4.78, 5) is 26.0. The number of hydrogen-bond acceptors (Lipinski definition) is 4. The minimum atomic E-state index is -0.297. The van der Waals surface area contributed by atoms with Crippen LogP contribution in [0.25, 0.3) is 0 Å². The molecule has 0 aromatic heterocycles. The largest absolute Gasteiger partial charge is 0.494 e. The van der Waals surface area contributed by atoms with Crippen molar-refractivity contribution in [1.82, 2.24) is 0 Å². The van der Waals surface area contributed by atoms with Crippen molar-refractivity contribution < 1.29 is 19.1 Å². The zero-order valence-electron chi connectivity index (χ0n) is 16.2. The predicted molar refractivity (Wildman–Crippen MR) is 106 cm³/mol. The third kappa shape index (κ3) is 6.02. The van der Waals surface area contributed by atoms with Gasteiger partial charge in [0.2, 0.25) is 11.8 Å². The normalized spacial score (nSPS) is 10.4. The summed E-state index contributed by atoms with van der Waals surface area (Å²) in [6, 6.07) is 14.3. The zero-order chi connectivity index (χ0) is 19.8. The van der Waals surface area contributed by atoms with Gasteiger partial charge >= 0.3 is 0 Å². The highest BCUT2D eigenvalue weighted by molar-refractivity contribution is 6.02. The van der Waals surface area contributed by atoms with Crippen molar-refractivity contribution in [3.8, 4) is 11.5 Å². The topological polar surface area (TPSA) is 67.9 Å². The number of amides is 2. The van der Waals surface area contributed by atoms with Gasteiger partial charge in [0.05, 0.1) is 18.4 Å². The molecule has 0 heterocycles. The van der Waals surface area contributed by atoms with Crippen molar-refractivity contribution in [1.29, 1.82) is 0 Å². The van der Waals surface area contributed by atoms with E-state index in [0.717, 1.165) is 5.75 Å². The highest BCUT2D eigenvalue weighted by Crippen LogP contribution is 2.29. The first-order valence-corrected chi connectivity index (χ1v) is 8.97. The minimum absolute atomic E-state index is 0.0439. The van der Waals surface area contributed by atoms with Crippen molar-refractivity contribution in [3.05, 3.63) is 48.5 Å². The number of hydrogen-bond donors (Lipinski definition) is 1. The van der Waals surface area contributed by atoms with Gasteiger partial charge in [0.1, 0.15) is 18.0 Å². The summed E-state index contributed by atoms with van der Waals surface area (Å²) in [6.45, 7) is 7.63. The van der Waals surface area contributed by atoms with E-state index in [1.165, 1.54) is 11.8 Å². The highest BCUT2D eigenvalue weighted by atomic mass is 16.5. The molecule has 2 rings (SSSR count). The van der Waals surface area contributed by atoms with E-state index in [1.807, 2.05) is 32.9 Å². The average molecular weight is 370 g/mol. The Morgan fingerprint density at radius 2 is 1.74 bits per heavy atom. The quantitative estimate of drug-likeness (QED) is 0.766. The molecule has 0 unspecified atom stereocenters. The molecule has 1 N–H and O–H groups in total. The molecule has 0 spiro atoms. The number of nitrogens with one attached hydrogen (secondary N) is 1. The summed E-state index contributed by atoms with van der Waals surface area (Å²) in [7, 11) is 0. The van der Waals surface area contributed by atoms with Gasteiger partial charge in [-0.15, -0.1) is 0 Å². The standard InChI is InChI=1S/C21H26N2O4/c1-5-26-18-12-10-17(11-13-18)22-21(25)14-23(16(4)24)19-8-6-7-9-20(19)27-15(2)3/h6-13,15H,5,14H2,1-4H3,(H,22,25). The maximum atomic E-state index is 12.5. The number of carbonyl (C=O) groups is 2. The lowest BCUT2D eigenvalue weighted by molar-refractivity contribution is -0.120. The lowest BCUT2D eigenvalue weighted by atomic mass is 10.2. The summed E-state index contributed by atoms with van der Waals surface area (Å²) >= 11 is 0. The smallest absolute Gasteiger partial charge is 0.244 e. The molecule has 0 aliphatic rings. The van der Waals surface area contributed by atoms with Crippen molar-refractivity contribution in [3.63, 3.8) is 0 Å². The second-order valence-corrected chi connectivity index (χ2v) is 6.25. The van der Waals surface area contributed by atoms with Crippen LogP contribution in [0.15, 0.2) is 48.5 Å². The fourth-order valence-corrected chi connectivity index (χ4v) is 2.55. The Balaban J connectivity index is 2.12. The van der Waals surface area contributed by atoms with E-state index < -0.39 is 0 Å².